The standard InChI is InChI=1S/C17H20Cl2N4O/c1-3-7-23(8-4-2)17(24)15-10-21-16(11-20-15)22-14-6-5-12(18)9-13(14)19/h5-6,9-11H,3-4,7-8H2,1-2H3,(H,21,22). The van der Waals surface area contributed by atoms with Gasteiger partial charge in [-0.2, -0.15) is 0 Å². The Balaban J connectivity index is 2.10. The highest BCUT2D eigenvalue weighted by Crippen LogP contribution is 2.27. The summed E-state index contributed by atoms with van der Waals surface area (Å²) in [7, 11) is 0. The van der Waals surface area contributed by atoms with Crippen LogP contribution < -0.4 is 5.32 Å². The largest absolute Gasteiger partial charge is 0.338 e. The van der Waals surface area contributed by atoms with Gasteiger partial charge in [-0.25, -0.2) is 9.97 Å². The third kappa shape index (κ3) is 4.82. The second kappa shape index (κ2) is 8.85. The zero-order valence-electron chi connectivity index (χ0n) is 13.7. The normalized spacial score (nSPS) is 10.5. The van der Waals surface area contributed by atoms with Crippen LogP contribution in [0.4, 0.5) is 11.5 Å². The monoisotopic (exact) mass is 366 g/mol. The summed E-state index contributed by atoms with van der Waals surface area (Å²) in [6.45, 7) is 5.53. The Morgan fingerprint density at radius 1 is 1.12 bits per heavy atom. The van der Waals surface area contributed by atoms with Gasteiger partial charge in [-0.1, -0.05) is 37.0 Å². The SMILES string of the molecule is CCCN(CCC)C(=O)c1cnc(Nc2ccc(Cl)cc2Cl)cn1. The van der Waals surface area contributed by atoms with Crippen LogP contribution in [0.2, 0.25) is 10.0 Å². The van der Waals surface area contributed by atoms with E-state index in [1.807, 2.05) is 13.8 Å². The number of hydrogen-bond donors (Lipinski definition) is 1. The summed E-state index contributed by atoms with van der Waals surface area (Å²) >= 11 is 12.0. The molecule has 1 aromatic carbocycles. The second-order valence-corrected chi connectivity index (χ2v) is 6.17. The van der Waals surface area contributed by atoms with Crippen molar-refractivity contribution in [2.75, 3.05) is 18.4 Å². The molecule has 1 amide bonds. The summed E-state index contributed by atoms with van der Waals surface area (Å²) < 4.78 is 0. The van der Waals surface area contributed by atoms with Gasteiger partial charge in [0.05, 0.1) is 23.1 Å². The summed E-state index contributed by atoms with van der Waals surface area (Å²) in [6.07, 6.45) is 4.82. The maximum absolute atomic E-state index is 12.5. The van der Waals surface area contributed by atoms with Crippen molar-refractivity contribution in [1.82, 2.24) is 14.9 Å². The van der Waals surface area contributed by atoms with E-state index in [-0.39, 0.29) is 5.91 Å². The molecule has 0 saturated heterocycles. The lowest BCUT2D eigenvalue weighted by Crippen LogP contribution is -2.33. The Kier molecular flexibility index (Phi) is 6.82. The Morgan fingerprint density at radius 3 is 2.38 bits per heavy atom. The number of halogens is 2. The summed E-state index contributed by atoms with van der Waals surface area (Å²) in [6, 6.07) is 5.13. The topological polar surface area (TPSA) is 58.1 Å². The first kappa shape index (κ1) is 18.5. The van der Waals surface area contributed by atoms with Gasteiger partial charge in [0.15, 0.2) is 0 Å². The van der Waals surface area contributed by atoms with E-state index >= 15 is 0 Å². The lowest BCUT2D eigenvalue weighted by molar-refractivity contribution is 0.0749. The van der Waals surface area contributed by atoms with Crippen LogP contribution >= 0.6 is 23.2 Å². The molecular weight excluding hydrogens is 347 g/mol. The lowest BCUT2D eigenvalue weighted by Gasteiger charge is -2.20. The maximum Gasteiger partial charge on any atom is 0.274 e. The highest BCUT2D eigenvalue weighted by atomic mass is 35.5. The number of anilines is 2. The number of amides is 1. The van der Waals surface area contributed by atoms with Crippen molar-refractivity contribution in [2.24, 2.45) is 0 Å². The molecule has 1 N–H and O–H groups in total. The van der Waals surface area contributed by atoms with Crippen LogP contribution in [-0.2, 0) is 0 Å². The molecule has 0 aliphatic rings. The number of nitrogens with one attached hydrogen (secondary N) is 1. The molecule has 0 aliphatic carbocycles. The minimum absolute atomic E-state index is 0.0951. The molecule has 1 aromatic heterocycles. The van der Waals surface area contributed by atoms with Crippen LogP contribution in [0.5, 0.6) is 0 Å². The minimum atomic E-state index is -0.0951. The van der Waals surface area contributed by atoms with Gasteiger partial charge in [0.2, 0.25) is 0 Å². The maximum atomic E-state index is 12.5. The first-order valence-electron chi connectivity index (χ1n) is 7.88. The zero-order chi connectivity index (χ0) is 17.5. The van der Waals surface area contributed by atoms with Crippen LogP contribution in [0.1, 0.15) is 37.2 Å². The third-order valence-electron chi connectivity index (χ3n) is 3.34. The molecular formula is C17H20Cl2N4O. The van der Waals surface area contributed by atoms with E-state index < -0.39 is 0 Å². The molecule has 0 radical (unpaired) electrons. The van der Waals surface area contributed by atoms with Crippen LogP contribution in [0.3, 0.4) is 0 Å². The van der Waals surface area contributed by atoms with E-state index in [1.54, 1.807) is 23.1 Å². The quantitative estimate of drug-likeness (QED) is 0.765. The molecule has 24 heavy (non-hydrogen) atoms. The average molecular weight is 367 g/mol. The van der Waals surface area contributed by atoms with Crippen molar-refractivity contribution in [3.05, 3.63) is 46.3 Å². The van der Waals surface area contributed by atoms with Gasteiger partial charge in [-0.15, -0.1) is 0 Å². The van der Waals surface area contributed by atoms with E-state index in [4.69, 9.17) is 23.2 Å². The molecule has 0 aliphatic heterocycles. The van der Waals surface area contributed by atoms with Crippen molar-refractivity contribution in [2.45, 2.75) is 26.7 Å². The van der Waals surface area contributed by atoms with E-state index in [9.17, 15) is 4.79 Å². The third-order valence-corrected chi connectivity index (χ3v) is 3.89. The molecule has 5 nitrogen and oxygen atoms in total. The average Bonchev–Trinajstić information content (AvgIpc) is 2.57. The summed E-state index contributed by atoms with van der Waals surface area (Å²) in [4.78, 5) is 22.7. The molecule has 0 fully saturated rings. The first-order chi connectivity index (χ1) is 11.5. The number of nitrogens with zero attached hydrogens (tertiary/aromatic N) is 3. The number of rotatable bonds is 7. The fraction of sp³-hybridized carbons (Fsp3) is 0.353. The molecule has 0 unspecified atom stereocenters. The number of hydrogen-bond acceptors (Lipinski definition) is 4. The molecule has 0 atom stereocenters. The van der Waals surface area contributed by atoms with Crippen LogP contribution in [0, 0.1) is 0 Å². The molecule has 2 rings (SSSR count). The Morgan fingerprint density at radius 2 is 1.83 bits per heavy atom. The fourth-order valence-corrected chi connectivity index (χ4v) is 2.70. The van der Waals surface area contributed by atoms with Gasteiger partial charge < -0.3 is 10.2 Å². The molecule has 0 bridgehead atoms. The number of aromatic nitrogens is 2. The smallest absolute Gasteiger partial charge is 0.274 e. The molecule has 7 heteroatoms. The number of carbonyl (C=O) groups is 1. The van der Waals surface area contributed by atoms with Crippen molar-refractivity contribution >= 4 is 40.6 Å². The lowest BCUT2D eigenvalue weighted by atomic mass is 10.3. The highest BCUT2D eigenvalue weighted by Gasteiger charge is 2.16. The van der Waals surface area contributed by atoms with E-state index in [1.165, 1.54) is 12.4 Å². The van der Waals surface area contributed by atoms with Gasteiger partial charge in [0, 0.05) is 18.1 Å². The minimum Gasteiger partial charge on any atom is -0.338 e. The van der Waals surface area contributed by atoms with Gasteiger partial charge >= 0.3 is 0 Å². The number of benzene rings is 1. The molecule has 128 valence electrons. The molecule has 0 spiro atoms. The van der Waals surface area contributed by atoms with E-state index in [0.29, 0.717) is 27.2 Å². The van der Waals surface area contributed by atoms with E-state index in [2.05, 4.69) is 15.3 Å². The van der Waals surface area contributed by atoms with Crippen LogP contribution in [0.25, 0.3) is 0 Å². The molecule has 2 aromatic rings. The van der Waals surface area contributed by atoms with Crippen molar-refractivity contribution in [3.8, 4) is 0 Å². The van der Waals surface area contributed by atoms with Crippen molar-refractivity contribution in [3.63, 3.8) is 0 Å². The first-order valence-corrected chi connectivity index (χ1v) is 8.64. The van der Waals surface area contributed by atoms with Crippen molar-refractivity contribution < 1.29 is 4.79 Å². The summed E-state index contributed by atoms with van der Waals surface area (Å²) in [5, 5.41) is 4.10. The molecule has 1 heterocycles. The zero-order valence-corrected chi connectivity index (χ0v) is 15.2. The Bertz CT molecular complexity index is 685. The van der Waals surface area contributed by atoms with E-state index in [0.717, 1.165) is 25.9 Å². The van der Waals surface area contributed by atoms with Crippen LogP contribution in [-0.4, -0.2) is 33.9 Å². The van der Waals surface area contributed by atoms with Gasteiger partial charge in [-0.3, -0.25) is 4.79 Å². The summed E-state index contributed by atoms with van der Waals surface area (Å²) in [5.41, 5.74) is 1.01. The Labute approximate surface area is 152 Å². The van der Waals surface area contributed by atoms with Gasteiger partial charge in [-0.05, 0) is 31.0 Å². The summed E-state index contributed by atoms with van der Waals surface area (Å²) in [5.74, 6) is 0.413. The Hall–Kier alpha value is -1.85. The fourth-order valence-electron chi connectivity index (χ4n) is 2.25. The van der Waals surface area contributed by atoms with Crippen molar-refractivity contribution in [1.29, 1.82) is 0 Å². The van der Waals surface area contributed by atoms with Gasteiger partial charge in [0.25, 0.3) is 5.91 Å². The number of carbonyl (C=O) groups excluding carboxylic acids is 1. The molecule has 0 saturated carbocycles. The van der Waals surface area contributed by atoms with Crippen LogP contribution in [0.15, 0.2) is 30.6 Å². The highest BCUT2D eigenvalue weighted by molar-refractivity contribution is 6.36. The predicted molar refractivity (Wildman–Crippen MR) is 98.3 cm³/mol. The second-order valence-electron chi connectivity index (χ2n) is 5.33. The predicted octanol–water partition coefficient (Wildman–Crippen LogP) is 4.79. The van der Waals surface area contributed by atoms with Gasteiger partial charge in [0.1, 0.15) is 11.5 Å².